The summed E-state index contributed by atoms with van der Waals surface area (Å²) in [6.07, 6.45) is 9.07. The topological polar surface area (TPSA) is 70.1 Å². The van der Waals surface area contributed by atoms with E-state index in [1.165, 1.54) is 32.1 Å². The minimum atomic E-state index is -0.833. The number of carbonyl (C=O) groups is 1. The summed E-state index contributed by atoms with van der Waals surface area (Å²) in [5.41, 5.74) is -0.0483. The average Bonchev–Trinajstić information content (AvgIpc) is 3.20. The molecule has 10 atom stereocenters. The van der Waals surface area contributed by atoms with Gasteiger partial charge in [0, 0.05) is 6.42 Å². The molecule has 4 saturated carbocycles. The molecule has 3 unspecified atom stereocenters. The average molecular weight is 433 g/mol. The van der Waals surface area contributed by atoms with E-state index < -0.39 is 5.60 Å². The summed E-state index contributed by atoms with van der Waals surface area (Å²) in [6.45, 7) is 14.2. The van der Waals surface area contributed by atoms with Gasteiger partial charge in [-0.2, -0.15) is 0 Å². The smallest absolute Gasteiger partial charge is 0.348 e. The second-order valence-electron chi connectivity index (χ2n) is 13.7. The molecule has 0 radical (unpaired) electrons. The van der Waals surface area contributed by atoms with Gasteiger partial charge in [-0.1, -0.05) is 34.6 Å². The standard InChI is InChI=1S/C27H44O4/c1-23(2)19-10-14-26(5)20(24(19,3)12-11-21(23)28)8-7-16-17(9-13-25(16,26)4)27(6,30)15-18-22(29)31-18/h16-21,28,30H,7-15H2,1-6H3/t16-,17+,18?,19+,20-,21+,24+,25?,26?,27+/m1/s1. The number of ether oxygens (including phenoxy) is 1. The quantitative estimate of drug-likeness (QED) is 0.609. The Hall–Kier alpha value is -0.610. The molecule has 4 nitrogen and oxygen atoms in total. The van der Waals surface area contributed by atoms with E-state index >= 15 is 0 Å². The van der Waals surface area contributed by atoms with Crippen molar-refractivity contribution in [1.29, 1.82) is 0 Å². The first kappa shape index (κ1) is 22.2. The summed E-state index contributed by atoms with van der Waals surface area (Å²) in [5.74, 6) is 1.89. The molecule has 0 aromatic heterocycles. The van der Waals surface area contributed by atoms with Gasteiger partial charge in [-0.15, -0.1) is 0 Å². The molecule has 0 aromatic rings. The van der Waals surface area contributed by atoms with Crippen LogP contribution in [0.4, 0.5) is 0 Å². The zero-order valence-corrected chi connectivity index (χ0v) is 20.5. The summed E-state index contributed by atoms with van der Waals surface area (Å²) < 4.78 is 5.06. The number of rotatable bonds is 3. The van der Waals surface area contributed by atoms with Gasteiger partial charge in [0.15, 0.2) is 0 Å². The van der Waals surface area contributed by atoms with Crippen LogP contribution in [-0.2, 0) is 9.53 Å². The number of epoxide rings is 1. The lowest BCUT2D eigenvalue weighted by Gasteiger charge is -2.70. The van der Waals surface area contributed by atoms with E-state index in [-0.39, 0.29) is 40.3 Å². The van der Waals surface area contributed by atoms with Crippen molar-refractivity contribution in [2.24, 2.45) is 45.3 Å². The summed E-state index contributed by atoms with van der Waals surface area (Å²) >= 11 is 0. The molecule has 0 aromatic carbocycles. The first-order valence-electron chi connectivity index (χ1n) is 12.9. The van der Waals surface area contributed by atoms with Crippen LogP contribution in [0.1, 0.15) is 99.3 Å². The fourth-order valence-electron chi connectivity index (χ4n) is 10.2. The van der Waals surface area contributed by atoms with Gasteiger partial charge in [-0.25, -0.2) is 4.79 Å². The van der Waals surface area contributed by atoms with E-state index in [9.17, 15) is 15.0 Å². The van der Waals surface area contributed by atoms with Gasteiger partial charge in [0.1, 0.15) is 0 Å². The number of carbonyl (C=O) groups excluding carboxylic acids is 1. The molecule has 5 fully saturated rings. The third-order valence-corrected chi connectivity index (χ3v) is 12.2. The summed E-state index contributed by atoms with van der Waals surface area (Å²) in [4.78, 5) is 11.5. The molecule has 0 spiro atoms. The van der Waals surface area contributed by atoms with Crippen molar-refractivity contribution in [3.63, 3.8) is 0 Å². The maximum Gasteiger partial charge on any atom is 0.348 e. The Labute approximate surface area is 188 Å². The van der Waals surface area contributed by atoms with Crippen molar-refractivity contribution in [1.82, 2.24) is 0 Å². The molecular weight excluding hydrogens is 388 g/mol. The second kappa shape index (κ2) is 6.50. The maximum absolute atomic E-state index is 11.5. The lowest BCUT2D eigenvalue weighted by atomic mass is 9.35. The van der Waals surface area contributed by atoms with Crippen LogP contribution < -0.4 is 0 Å². The zero-order chi connectivity index (χ0) is 22.6. The van der Waals surface area contributed by atoms with Gasteiger partial charge in [0.25, 0.3) is 0 Å². The van der Waals surface area contributed by atoms with Crippen molar-refractivity contribution in [3.8, 4) is 0 Å². The highest BCUT2D eigenvalue weighted by Gasteiger charge is 2.69. The van der Waals surface area contributed by atoms with E-state index in [1.807, 2.05) is 6.92 Å². The number of hydrogen-bond acceptors (Lipinski definition) is 4. The van der Waals surface area contributed by atoms with Gasteiger partial charge >= 0.3 is 5.97 Å². The molecule has 1 heterocycles. The third-order valence-electron chi connectivity index (χ3n) is 12.2. The largest absolute Gasteiger partial charge is 0.447 e. The van der Waals surface area contributed by atoms with Crippen molar-refractivity contribution in [2.45, 2.75) is 117 Å². The third kappa shape index (κ3) is 2.82. The Balaban J connectivity index is 1.45. The Kier molecular flexibility index (Phi) is 4.65. The Morgan fingerprint density at radius 1 is 0.935 bits per heavy atom. The number of aliphatic hydroxyl groups is 2. The Bertz CT molecular complexity index is 773. The van der Waals surface area contributed by atoms with Crippen LogP contribution in [0, 0.1) is 45.3 Å². The van der Waals surface area contributed by atoms with Gasteiger partial charge in [-0.3, -0.25) is 0 Å². The number of cyclic esters (lactones) is 1. The summed E-state index contributed by atoms with van der Waals surface area (Å²) in [6, 6.07) is 0. The summed E-state index contributed by atoms with van der Waals surface area (Å²) in [5, 5.41) is 22.3. The van der Waals surface area contributed by atoms with Gasteiger partial charge in [-0.05, 0) is 104 Å². The van der Waals surface area contributed by atoms with Gasteiger partial charge < -0.3 is 14.9 Å². The van der Waals surface area contributed by atoms with E-state index in [0.717, 1.165) is 19.3 Å². The highest BCUT2D eigenvalue weighted by atomic mass is 16.6. The van der Waals surface area contributed by atoms with Crippen LogP contribution in [0.3, 0.4) is 0 Å². The normalized spacial score (nSPS) is 54.8. The second-order valence-corrected chi connectivity index (χ2v) is 13.7. The lowest BCUT2D eigenvalue weighted by Crippen LogP contribution is -2.64. The van der Waals surface area contributed by atoms with Crippen LogP contribution in [0.15, 0.2) is 0 Å². The SMILES string of the molecule is CC1(C)[C@@H](O)CC[C@@]2(C)[C@H]1CCC1(C)[C@@H]2CC[C@@H]2[C@@H]([C@@](C)(O)CC3OC3=O)CCC21C. The first-order chi connectivity index (χ1) is 14.3. The number of aliphatic hydroxyl groups excluding tert-OH is 1. The number of hydrogen-bond donors (Lipinski definition) is 2. The Morgan fingerprint density at radius 3 is 2.23 bits per heavy atom. The maximum atomic E-state index is 11.5. The molecule has 5 rings (SSSR count). The van der Waals surface area contributed by atoms with Gasteiger partial charge in [0.2, 0.25) is 6.10 Å². The lowest BCUT2D eigenvalue weighted by molar-refractivity contribution is -0.225. The molecule has 0 amide bonds. The van der Waals surface area contributed by atoms with Crippen LogP contribution in [-0.4, -0.2) is 34.0 Å². The number of fused-ring (bicyclic) bond motifs is 5. The predicted octanol–water partition coefficient (Wildman–Crippen LogP) is 5.10. The Morgan fingerprint density at radius 2 is 1.58 bits per heavy atom. The van der Waals surface area contributed by atoms with Crippen LogP contribution in [0.25, 0.3) is 0 Å². The fourth-order valence-corrected chi connectivity index (χ4v) is 10.2. The van der Waals surface area contributed by atoms with Crippen molar-refractivity contribution < 1.29 is 19.7 Å². The molecule has 31 heavy (non-hydrogen) atoms. The molecule has 2 N–H and O–H groups in total. The predicted molar refractivity (Wildman–Crippen MR) is 120 cm³/mol. The van der Waals surface area contributed by atoms with E-state index in [0.29, 0.717) is 29.6 Å². The minimum absolute atomic E-state index is 0.00916. The summed E-state index contributed by atoms with van der Waals surface area (Å²) in [7, 11) is 0. The molecule has 1 saturated heterocycles. The minimum Gasteiger partial charge on any atom is -0.447 e. The molecule has 5 aliphatic rings. The highest BCUT2D eigenvalue weighted by Crippen LogP contribution is 2.75. The molecule has 4 aliphatic carbocycles. The molecule has 4 heteroatoms. The van der Waals surface area contributed by atoms with Crippen LogP contribution >= 0.6 is 0 Å². The molecular formula is C27H44O4. The molecule has 1 aliphatic heterocycles. The van der Waals surface area contributed by atoms with Gasteiger partial charge in [0.05, 0.1) is 11.7 Å². The fraction of sp³-hybridized carbons (Fsp3) is 0.963. The van der Waals surface area contributed by atoms with Crippen LogP contribution in [0.2, 0.25) is 0 Å². The van der Waals surface area contributed by atoms with E-state index in [4.69, 9.17) is 4.74 Å². The van der Waals surface area contributed by atoms with Crippen molar-refractivity contribution >= 4 is 5.97 Å². The monoisotopic (exact) mass is 432 g/mol. The van der Waals surface area contributed by atoms with Crippen molar-refractivity contribution in [3.05, 3.63) is 0 Å². The van der Waals surface area contributed by atoms with Crippen LogP contribution in [0.5, 0.6) is 0 Å². The van der Waals surface area contributed by atoms with Crippen molar-refractivity contribution in [2.75, 3.05) is 0 Å². The van der Waals surface area contributed by atoms with E-state index in [1.54, 1.807) is 0 Å². The molecule has 0 bridgehead atoms. The zero-order valence-electron chi connectivity index (χ0n) is 20.5. The van der Waals surface area contributed by atoms with E-state index in [2.05, 4.69) is 34.6 Å². The first-order valence-corrected chi connectivity index (χ1v) is 12.9. The highest BCUT2D eigenvalue weighted by molar-refractivity contribution is 5.87. The molecule has 176 valence electrons.